The van der Waals surface area contributed by atoms with Gasteiger partial charge in [-0.3, -0.25) is 57.5 Å². The maximum atomic E-state index is 14.0. The summed E-state index contributed by atoms with van der Waals surface area (Å²) < 4.78 is 33.9. The zero-order valence-corrected chi connectivity index (χ0v) is 61.4. The second-order valence-electron chi connectivity index (χ2n) is 26.6. The van der Waals surface area contributed by atoms with E-state index in [-0.39, 0.29) is 45.8 Å². The van der Waals surface area contributed by atoms with Crippen LogP contribution in [0.15, 0.2) is 0 Å². The molecule has 3 fully saturated rings. The highest BCUT2D eigenvalue weighted by molar-refractivity contribution is 5.97. The quantitative estimate of drug-likeness (QED) is 0.0252. The SMILES string of the molecule is CCCCCCCNC(=O)CCC(=O)NC(CC(=O)NC(CC(=O)NCC(=O)NCCCCCCO[C@@H]1OC(CO)[C@H](O)[C@H](O)C1NC(C)=O)C(=O)NCC(=O)CCCCCCCO[C@@H]1OC(CO)[C@H](O)[C@H](O)C1NC(C)=O)C(=O)NCC(=O)NCCCCCCO[C@@H]1OC(CO)[C@H](O)[C@H](O)C1NC(C)=O. The molecule has 3 aliphatic rings. The molecular weight excluding hydrogens is 1400 g/mol. The van der Waals surface area contributed by atoms with E-state index in [2.05, 4.69) is 65.4 Å². The zero-order chi connectivity index (χ0) is 78.5. The van der Waals surface area contributed by atoms with Crippen LogP contribution in [-0.2, 0) is 86.0 Å². The van der Waals surface area contributed by atoms with Crippen LogP contribution in [0.4, 0.5) is 0 Å². The van der Waals surface area contributed by atoms with E-state index in [0.717, 1.165) is 32.1 Å². The Hall–Kier alpha value is -6.76. The molecule has 0 radical (unpaired) electrons. The lowest BCUT2D eigenvalue weighted by Crippen LogP contribution is -2.64. The number of amides is 11. The van der Waals surface area contributed by atoms with Crippen LogP contribution in [0.2, 0.25) is 0 Å². The summed E-state index contributed by atoms with van der Waals surface area (Å²) in [6.07, 6.45) is -6.37. The second-order valence-corrected chi connectivity index (χ2v) is 26.6. The molecule has 3 heterocycles. The molecule has 0 aliphatic carbocycles. The number of ether oxygens (including phenoxy) is 6. The standard InChI is InChI=1S/C68H119N11O27/c1-5-6-7-10-17-26-69-49(87)24-25-50(88)78-45(65(100)74-36-54(92)71-28-19-12-15-22-31-103-68-57(77-42(4)85)63(98)60(95)48(39-82)106-68)33-52(90)79-44(64(99)73-34-43(86)23-16-9-8-13-20-29-101-66-55(75-40(2)83)61(96)58(93)46(37-80)104-66)32-51(89)72-35-53(91)70-27-18-11-14-21-30-102-67-56(76-41(3)84)62(97)59(94)47(38-81)105-67/h44-48,55-63,66-68,80-82,93-98H,5-39H2,1-4H3,(H,69,87)(H,70,91)(H,71,92)(H,72,89)(H,73,99)(H,74,100)(H,75,83)(H,76,84)(H,77,85)(H,78,88)(H,79,90)/t44?,45?,46?,47?,48?,55?,56?,57?,58-,59-,60-,61+,62+,63+,66+,67+,68+/m0/s1. The Kier molecular flexibility index (Phi) is 46.8. The molecule has 38 nitrogen and oxygen atoms in total. The number of carbonyl (C=O) groups is 12. The lowest BCUT2D eigenvalue weighted by Gasteiger charge is -2.42. The van der Waals surface area contributed by atoms with E-state index in [1.165, 1.54) is 20.8 Å². The third kappa shape index (κ3) is 36.9. The number of aliphatic hydroxyl groups is 9. The highest BCUT2D eigenvalue weighted by atomic mass is 16.7. The van der Waals surface area contributed by atoms with E-state index in [1.807, 2.05) is 0 Å². The molecule has 0 saturated carbocycles. The molecule has 608 valence electrons. The molecule has 3 aliphatic heterocycles. The minimum Gasteiger partial charge on any atom is -0.394 e. The lowest BCUT2D eigenvalue weighted by molar-refractivity contribution is -0.270. The number of aliphatic hydroxyl groups excluding tert-OH is 9. The molecule has 20 N–H and O–H groups in total. The van der Waals surface area contributed by atoms with E-state index in [0.29, 0.717) is 90.0 Å². The van der Waals surface area contributed by atoms with Gasteiger partial charge in [0.2, 0.25) is 65.0 Å². The lowest BCUT2D eigenvalue weighted by atomic mass is 9.97. The van der Waals surface area contributed by atoms with Crippen molar-refractivity contribution in [2.24, 2.45) is 0 Å². The predicted molar refractivity (Wildman–Crippen MR) is 373 cm³/mol. The average Bonchev–Trinajstić information content (AvgIpc) is 0.822. The van der Waals surface area contributed by atoms with Gasteiger partial charge in [-0.05, 0) is 44.9 Å². The van der Waals surface area contributed by atoms with Crippen LogP contribution in [0.5, 0.6) is 0 Å². The number of ketones is 1. The molecule has 38 heteroatoms. The summed E-state index contributed by atoms with van der Waals surface area (Å²) in [5, 5.41) is 119. The van der Waals surface area contributed by atoms with E-state index in [9.17, 15) is 103 Å². The Bertz CT molecular complexity index is 2690. The van der Waals surface area contributed by atoms with Crippen LogP contribution < -0.4 is 58.5 Å². The van der Waals surface area contributed by atoms with Gasteiger partial charge in [0.15, 0.2) is 24.7 Å². The summed E-state index contributed by atoms with van der Waals surface area (Å²) >= 11 is 0. The maximum Gasteiger partial charge on any atom is 0.243 e. The summed E-state index contributed by atoms with van der Waals surface area (Å²) in [5.41, 5.74) is 0. The third-order valence-corrected chi connectivity index (χ3v) is 17.6. The maximum absolute atomic E-state index is 14.0. The van der Waals surface area contributed by atoms with Gasteiger partial charge < -0.3 is 133 Å². The van der Waals surface area contributed by atoms with Crippen molar-refractivity contribution in [3.63, 3.8) is 0 Å². The van der Waals surface area contributed by atoms with Gasteiger partial charge in [-0.25, -0.2) is 0 Å². The molecule has 0 aromatic rings. The molecule has 0 spiro atoms. The summed E-state index contributed by atoms with van der Waals surface area (Å²) in [6, 6.07) is -6.76. The van der Waals surface area contributed by atoms with Crippen molar-refractivity contribution in [1.82, 2.24) is 58.5 Å². The van der Waals surface area contributed by atoms with Gasteiger partial charge in [0, 0.05) is 79.5 Å². The fourth-order valence-corrected chi connectivity index (χ4v) is 11.7. The van der Waals surface area contributed by atoms with Gasteiger partial charge in [0.25, 0.3) is 0 Å². The number of hydrogen-bond acceptors (Lipinski definition) is 27. The normalized spacial score (nSPS) is 24.7. The van der Waals surface area contributed by atoms with E-state index >= 15 is 0 Å². The molecule has 11 amide bonds. The van der Waals surface area contributed by atoms with Gasteiger partial charge in [-0.2, -0.15) is 0 Å². The Labute approximate surface area is 617 Å². The average molecular weight is 1520 g/mol. The van der Waals surface area contributed by atoms with Crippen molar-refractivity contribution in [3.8, 4) is 0 Å². The van der Waals surface area contributed by atoms with Crippen molar-refractivity contribution in [2.75, 3.05) is 78.9 Å². The smallest absolute Gasteiger partial charge is 0.243 e. The molecule has 3 rings (SSSR count). The van der Waals surface area contributed by atoms with Crippen molar-refractivity contribution in [1.29, 1.82) is 0 Å². The fraction of sp³-hybridized carbons (Fsp3) is 0.824. The van der Waals surface area contributed by atoms with Gasteiger partial charge in [0.1, 0.15) is 85.1 Å². The monoisotopic (exact) mass is 1520 g/mol. The van der Waals surface area contributed by atoms with Gasteiger partial charge in [-0.15, -0.1) is 0 Å². The van der Waals surface area contributed by atoms with E-state index in [4.69, 9.17) is 28.4 Å². The largest absolute Gasteiger partial charge is 0.394 e. The number of nitrogens with one attached hydrogen (secondary N) is 11. The molecule has 0 bridgehead atoms. The second kappa shape index (κ2) is 53.1. The van der Waals surface area contributed by atoms with E-state index in [1.54, 1.807) is 0 Å². The predicted octanol–water partition coefficient (Wildman–Crippen LogP) is -5.90. The summed E-state index contributed by atoms with van der Waals surface area (Å²) in [6.45, 7) is 3.27. The Balaban J connectivity index is 1.63. The first kappa shape index (κ1) is 93.4. The van der Waals surface area contributed by atoms with E-state index < -0.39 is 233 Å². The summed E-state index contributed by atoms with van der Waals surface area (Å²) in [4.78, 5) is 155. The zero-order valence-electron chi connectivity index (χ0n) is 61.4. The molecule has 0 aromatic heterocycles. The van der Waals surface area contributed by atoms with Crippen LogP contribution >= 0.6 is 0 Å². The molecule has 17 atom stereocenters. The van der Waals surface area contributed by atoms with Crippen molar-refractivity contribution < 1.29 is 132 Å². The highest BCUT2D eigenvalue weighted by Gasteiger charge is 2.48. The van der Waals surface area contributed by atoms with Gasteiger partial charge in [0.05, 0.1) is 52.3 Å². The van der Waals surface area contributed by atoms with Crippen LogP contribution in [0.1, 0.15) is 175 Å². The van der Waals surface area contributed by atoms with Gasteiger partial charge >= 0.3 is 0 Å². The number of carbonyl (C=O) groups excluding carboxylic acids is 12. The Morgan fingerprint density at radius 1 is 0.349 bits per heavy atom. The Morgan fingerprint density at radius 2 is 0.679 bits per heavy atom. The molecule has 8 unspecified atom stereocenters. The first-order valence-electron chi connectivity index (χ1n) is 36.9. The van der Waals surface area contributed by atoms with Crippen LogP contribution in [0, 0.1) is 0 Å². The highest BCUT2D eigenvalue weighted by Crippen LogP contribution is 2.26. The van der Waals surface area contributed by atoms with Crippen molar-refractivity contribution in [3.05, 3.63) is 0 Å². The Morgan fingerprint density at radius 3 is 1.08 bits per heavy atom. The number of hydrogen-bond donors (Lipinski definition) is 20. The molecule has 106 heavy (non-hydrogen) atoms. The number of rotatable bonds is 54. The first-order valence-corrected chi connectivity index (χ1v) is 36.9. The first-order chi connectivity index (χ1) is 50.6. The molecular formula is C68H119N11O27. The molecule has 0 aromatic carbocycles. The van der Waals surface area contributed by atoms with Crippen LogP contribution in [-0.4, -0.2) is 300 Å². The minimum absolute atomic E-state index is 0.0124. The summed E-state index contributed by atoms with van der Waals surface area (Å²) in [5.74, 6) is -8.46. The molecule has 3 saturated heterocycles. The minimum atomic E-state index is -1.74. The van der Waals surface area contributed by atoms with Crippen LogP contribution in [0.25, 0.3) is 0 Å². The fourth-order valence-electron chi connectivity index (χ4n) is 11.7. The number of Topliss-reactive ketones (excluding diaryl/α,β-unsaturated/α-hetero) is 1. The third-order valence-electron chi connectivity index (χ3n) is 17.6. The topological polar surface area (TPSA) is 575 Å². The van der Waals surface area contributed by atoms with Gasteiger partial charge in [-0.1, -0.05) is 77.6 Å². The van der Waals surface area contributed by atoms with Crippen molar-refractivity contribution in [2.45, 2.75) is 279 Å². The van der Waals surface area contributed by atoms with Crippen molar-refractivity contribution >= 4 is 70.8 Å². The number of unbranched alkanes of at least 4 members (excludes halogenated alkanes) is 14. The summed E-state index contributed by atoms with van der Waals surface area (Å²) in [7, 11) is 0. The van der Waals surface area contributed by atoms with Crippen LogP contribution in [0.3, 0.4) is 0 Å².